The van der Waals surface area contributed by atoms with Crippen molar-refractivity contribution in [2.24, 2.45) is 0 Å². The first kappa shape index (κ1) is 12.5. The van der Waals surface area contributed by atoms with Gasteiger partial charge in [-0.2, -0.15) is 11.8 Å². The van der Waals surface area contributed by atoms with Gasteiger partial charge in [-0.05, 0) is 37.6 Å². The van der Waals surface area contributed by atoms with Gasteiger partial charge in [0.25, 0.3) is 0 Å². The lowest BCUT2D eigenvalue weighted by Crippen LogP contribution is -2.38. The third kappa shape index (κ3) is 2.58. The molecule has 18 heavy (non-hydrogen) atoms. The minimum absolute atomic E-state index is 0.550. The minimum atomic E-state index is 0.550. The lowest BCUT2D eigenvalue weighted by Gasteiger charge is -2.28. The molecule has 2 atom stereocenters. The maximum absolute atomic E-state index is 3.79. The van der Waals surface area contributed by atoms with Gasteiger partial charge in [0.2, 0.25) is 0 Å². The Bertz CT molecular complexity index is 407. The second-order valence-electron chi connectivity index (χ2n) is 5.45. The monoisotopic (exact) mass is 262 g/mol. The Morgan fingerprint density at radius 1 is 1.39 bits per heavy atom. The maximum atomic E-state index is 3.79. The van der Waals surface area contributed by atoms with E-state index < -0.39 is 0 Å². The average molecular weight is 262 g/mol. The normalized spacial score (nSPS) is 28.3. The highest BCUT2D eigenvalue weighted by molar-refractivity contribution is 7.98. The summed E-state index contributed by atoms with van der Waals surface area (Å²) in [6, 6.07) is 10.2. The van der Waals surface area contributed by atoms with Crippen LogP contribution < -0.4 is 5.32 Å². The van der Waals surface area contributed by atoms with Crippen LogP contribution in [0.2, 0.25) is 0 Å². The Hall–Kier alpha value is -0.510. The molecular weight excluding hydrogens is 240 g/mol. The molecule has 0 aliphatic carbocycles. The van der Waals surface area contributed by atoms with E-state index in [-0.39, 0.29) is 0 Å². The largest absolute Gasteiger partial charge is 0.308 e. The first-order chi connectivity index (χ1) is 8.84. The van der Waals surface area contributed by atoms with E-state index in [0.29, 0.717) is 6.04 Å². The zero-order valence-corrected chi connectivity index (χ0v) is 11.9. The lowest BCUT2D eigenvalue weighted by molar-refractivity contribution is 0.294. The Morgan fingerprint density at radius 3 is 3.11 bits per heavy atom. The molecule has 1 aromatic carbocycles. The van der Waals surface area contributed by atoms with E-state index in [2.05, 4.69) is 53.3 Å². The molecular formula is C15H22N2S. The van der Waals surface area contributed by atoms with Crippen molar-refractivity contribution < 1.29 is 0 Å². The highest BCUT2D eigenvalue weighted by atomic mass is 32.2. The number of benzene rings is 1. The second kappa shape index (κ2) is 5.64. The summed E-state index contributed by atoms with van der Waals surface area (Å²) in [5.74, 6) is 2.39. The van der Waals surface area contributed by atoms with Crippen LogP contribution in [0.15, 0.2) is 24.3 Å². The molecule has 3 rings (SSSR count). The van der Waals surface area contributed by atoms with Crippen molar-refractivity contribution in [2.75, 3.05) is 25.9 Å². The fourth-order valence-corrected chi connectivity index (χ4v) is 4.20. The van der Waals surface area contributed by atoms with Gasteiger partial charge in [-0.15, -0.1) is 0 Å². The molecule has 0 bridgehead atoms. The summed E-state index contributed by atoms with van der Waals surface area (Å²) in [5.41, 5.74) is 3.04. The number of fused-ring (bicyclic) bond motifs is 1. The van der Waals surface area contributed by atoms with Crippen molar-refractivity contribution in [2.45, 2.75) is 30.7 Å². The van der Waals surface area contributed by atoms with Gasteiger partial charge in [0.05, 0.1) is 0 Å². The Morgan fingerprint density at radius 2 is 2.28 bits per heavy atom. The van der Waals surface area contributed by atoms with E-state index in [1.807, 2.05) is 0 Å². The third-order valence-corrected chi connectivity index (χ3v) is 5.33. The fraction of sp³-hybridized carbons (Fsp3) is 0.600. The molecule has 0 radical (unpaired) electrons. The number of thioether (sulfide) groups is 1. The standard InChI is InChI=1S/C15H22N2S/c1-17-8-4-6-13(17)9-16-15-11-18-10-12-5-2-3-7-14(12)15/h2-3,5,7,13,15-16H,4,6,8-11H2,1H3. The topological polar surface area (TPSA) is 15.3 Å². The van der Waals surface area contributed by atoms with Crippen molar-refractivity contribution in [3.63, 3.8) is 0 Å². The first-order valence-electron chi connectivity index (χ1n) is 6.94. The van der Waals surface area contributed by atoms with Crippen LogP contribution in [0.5, 0.6) is 0 Å². The number of nitrogens with one attached hydrogen (secondary N) is 1. The quantitative estimate of drug-likeness (QED) is 0.901. The van der Waals surface area contributed by atoms with Crippen molar-refractivity contribution in [1.29, 1.82) is 0 Å². The van der Waals surface area contributed by atoms with Crippen LogP contribution in [-0.2, 0) is 5.75 Å². The molecule has 1 fully saturated rings. The van der Waals surface area contributed by atoms with Crippen molar-refractivity contribution in [3.05, 3.63) is 35.4 Å². The second-order valence-corrected chi connectivity index (χ2v) is 6.48. The number of likely N-dealkylation sites (N-methyl/N-ethyl adjacent to an activating group) is 1. The van der Waals surface area contributed by atoms with Gasteiger partial charge in [0, 0.05) is 30.1 Å². The fourth-order valence-electron chi connectivity index (χ4n) is 3.07. The Labute approximate surface area is 114 Å². The van der Waals surface area contributed by atoms with Gasteiger partial charge >= 0.3 is 0 Å². The minimum Gasteiger partial charge on any atom is -0.308 e. The zero-order valence-electron chi connectivity index (χ0n) is 11.1. The summed E-state index contributed by atoms with van der Waals surface area (Å²) in [6.45, 7) is 2.40. The first-order valence-corrected chi connectivity index (χ1v) is 8.09. The van der Waals surface area contributed by atoms with E-state index in [0.717, 1.165) is 12.6 Å². The Kier molecular flexibility index (Phi) is 3.92. The van der Waals surface area contributed by atoms with Crippen molar-refractivity contribution >= 4 is 11.8 Å². The molecule has 0 spiro atoms. The van der Waals surface area contributed by atoms with Gasteiger partial charge < -0.3 is 10.2 Å². The highest BCUT2D eigenvalue weighted by Crippen LogP contribution is 2.31. The van der Waals surface area contributed by atoms with Gasteiger partial charge in [-0.3, -0.25) is 0 Å². The van der Waals surface area contributed by atoms with E-state index in [4.69, 9.17) is 0 Å². The van der Waals surface area contributed by atoms with Gasteiger partial charge in [0.15, 0.2) is 0 Å². The van der Waals surface area contributed by atoms with Gasteiger partial charge in [-0.25, -0.2) is 0 Å². The summed E-state index contributed by atoms with van der Waals surface area (Å²) in [6.07, 6.45) is 2.71. The van der Waals surface area contributed by atoms with Crippen LogP contribution in [0, 0.1) is 0 Å². The number of hydrogen-bond acceptors (Lipinski definition) is 3. The highest BCUT2D eigenvalue weighted by Gasteiger charge is 2.24. The predicted octanol–water partition coefficient (Wildman–Crippen LogP) is 2.66. The van der Waals surface area contributed by atoms with Crippen LogP contribution in [-0.4, -0.2) is 36.8 Å². The van der Waals surface area contributed by atoms with Crippen LogP contribution in [0.3, 0.4) is 0 Å². The smallest absolute Gasteiger partial charge is 0.0415 e. The summed E-state index contributed by atoms with van der Waals surface area (Å²) < 4.78 is 0. The van der Waals surface area contributed by atoms with E-state index in [1.54, 1.807) is 0 Å². The summed E-state index contributed by atoms with van der Waals surface area (Å²) in [5, 5.41) is 3.79. The predicted molar refractivity (Wildman–Crippen MR) is 79.0 cm³/mol. The molecule has 2 aliphatic rings. The molecule has 1 aromatic rings. The third-order valence-electron chi connectivity index (χ3n) is 4.24. The molecule has 2 nitrogen and oxygen atoms in total. The maximum Gasteiger partial charge on any atom is 0.0415 e. The zero-order chi connectivity index (χ0) is 12.4. The lowest BCUT2D eigenvalue weighted by atomic mass is 10.0. The molecule has 0 saturated carbocycles. The molecule has 2 aliphatic heterocycles. The van der Waals surface area contributed by atoms with E-state index in [9.17, 15) is 0 Å². The molecule has 0 aromatic heterocycles. The number of rotatable bonds is 3. The SMILES string of the molecule is CN1CCCC1CNC1CSCc2ccccc21. The molecule has 2 heterocycles. The van der Waals surface area contributed by atoms with E-state index >= 15 is 0 Å². The number of likely N-dealkylation sites (tertiary alicyclic amines) is 1. The summed E-state index contributed by atoms with van der Waals surface area (Å²) in [7, 11) is 2.25. The summed E-state index contributed by atoms with van der Waals surface area (Å²) in [4.78, 5) is 2.49. The Balaban J connectivity index is 1.64. The molecule has 1 N–H and O–H groups in total. The number of hydrogen-bond donors (Lipinski definition) is 1. The number of nitrogens with zero attached hydrogens (tertiary/aromatic N) is 1. The van der Waals surface area contributed by atoms with Gasteiger partial charge in [0.1, 0.15) is 0 Å². The molecule has 1 saturated heterocycles. The van der Waals surface area contributed by atoms with Crippen LogP contribution in [0.25, 0.3) is 0 Å². The molecule has 3 heteroatoms. The van der Waals surface area contributed by atoms with Gasteiger partial charge in [-0.1, -0.05) is 24.3 Å². The van der Waals surface area contributed by atoms with Crippen LogP contribution in [0.4, 0.5) is 0 Å². The van der Waals surface area contributed by atoms with Crippen molar-refractivity contribution in [3.8, 4) is 0 Å². The summed E-state index contributed by atoms with van der Waals surface area (Å²) >= 11 is 2.05. The molecule has 0 amide bonds. The molecule has 98 valence electrons. The van der Waals surface area contributed by atoms with Crippen LogP contribution >= 0.6 is 11.8 Å². The molecule has 2 unspecified atom stereocenters. The van der Waals surface area contributed by atoms with E-state index in [1.165, 1.54) is 42.0 Å². The van der Waals surface area contributed by atoms with Crippen molar-refractivity contribution in [1.82, 2.24) is 10.2 Å². The van der Waals surface area contributed by atoms with Crippen LogP contribution in [0.1, 0.15) is 30.0 Å². The average Bonchev–Trinajstić information content (AvgIpc) is 2.82.